The summed E-state index contributed by atoms with van der Waals surface area (Å²) in [5.41, 5.74) is 1.16. The lowest BCUT2D eigenvalue weighted by molar-refractivity contribution is 0.177. The number of benzene rings is 1. The third-order valence-corrected chi connectivity index (χ3v) is 5.05. The number of rotatable bonds is 4. The van der Waals surface area contributed by atoms with E-state index >= 15 is 0 Å². The van der Waals surface area contributed by atoms with Crippen molar-refractivity contribution >= 4 is 40.7 Å². The molecule has 124 valence electrons. The monoisotopic (exact) mass is 362 g/mol. The Balaban J connectivity index is 0.00000242. The Bertz CT molecular complexity index is 494. The van der Waals surface area contributed by atoms with E-state index in [1.54, 1.807) is 26.0 Å². The third kappa shape index (κ3) is 4.91. The Morgan fingerprint density at radius 3 is 2.41 bits per heavy atom. The number of hydrogen-bond donors (Lipinski definition) is 0. The Kier molecular flexibility index (Phi) is 8.31. The van der Waals surface area contributed by atoms with Gasteiger partial charge in [-0.2, -0.15) is 0 Å². The van der Waals surface area contributed by atoms with Gasteiger partial charge >= 0.3 is 0 Å². The van der Waals surface area contributed by atoms with Gasteiger partial charge in [-0.3, -0.25) is 4.90 Å². The Hall–Kier alpha value is -0.690. The molecule has 0 aromatic heterocycles. The first-order valence-corrected chi connectivity index (χ1v) is 8.57. The lowest BCUT2D eigenvalue weighted by Crippen LogP contribution is -2.47. The highest BCUT2D eigenvalue weighted by atomic mass is 35.5. The van der Waals surface area contributed by atoms with Crippen molar-refractivity contribution in [3.05, 3.63) is 23.8 Å². The molecule has 0 spiro atoms. The van der Waals surface area contributed by atoms with E-state index in [4.69, 9.17) is 21.7 Å². The largest absolute Gasteiger partial charge is 0.497 e. The summed E-state index contributed by atoms with van der Waals surface area (Å²) in [5.74, 6) is 1.78. The van der Waals surface area contributed by atoms with Crippen LogP contribution in [-0.4, -0.2) is 60.8 Å². The van der Waals surface area contributed by atoms with Gasteiger partial charge in [-0.1, -0.05) is 12.2 Å². The molecule has 0 radical (unpaired) electrons. The topological polar surface area (TPSA) is 24.9 Å². The van der Waals surface area contributed by atoms with Crippen LogP contribution < -0.4 is 9.47 Å². The van der Waals surface area contributed by atoms with Gasteiger partial charge in [-0.05, 0) is 24.5 Å². The summed E-state index contributed by atoms with van der Waals surface area (Å²) in [6, 6.07) is 5.95. The zero-order chi connectivity index (χ0) is 15.2. The predicted octanol–water partition coefficient (Wildman–Crippen LogP) is 2.89. The van der Waals surface area contributed by atoms with Gasteiger partial charge in [0.2, 0.25) is 0 Å². The van der Waals surface area contributed by atoms with Crippen molar-refractivity contribution in [1.29, 1.82) is 0 Å². The van der Waals surface area contributed by atoms with Crippen molar-refractivity contribution in [3.63, 3.8) is 0 Å². The molecular formula is C15H23ClN2O2S2. The van der Waals surface area contributed by atoms with E-state index in [9.17, 15) is 0 Å². The summed E-state index contributed by atoms with van der Waals surface area (Å²) in [5, 5.41) is 0. The van der Waals surface area contributed by atoms with Crippen molar-refractivity contribution in [2.24, 2.45) is 0 Å². The fraction of sp³-hybridized carbons (Fsp3) is 0.533. The van der Waals surface area contributed by atoms with E-state index in [0.717, 1.165) is 54.1 Å². The van der Waals surface area contributed by atoms with Crippen LogP contribution >= 0.6 is 36.4 Å². The van der Waals surface area contributed by atoms with Crippen LogP contribution in [0.3, 0.4) is 0 Å². The molecule has 1 saturated heterocycles. The lowest BCUT2D eigenvalue weighted by Gasteiger charge is -2.35. The maximum atomic E-state index is 5.45. The van der Waals surface area contributed by atoms with Crippen molar-refractivity contribution in [1.82, 2.24) is 9.80 Å². The number of methoxy groups -OCH3 is 2. The number of ether oxygens (including phenoxy) is 2. The first-order valence-electron chi connectivity index (χ1n) is 6.94. The molecule has 0 bridgehead atoms. The molecule has 0 amide bonds. The summed E-state index contributed by atoms with van der Waals surface area (Å²) >= 11 is 7.00. The number of thiocarbonyl (C=S) groups is 1. The lowest BCUT2D eigenvalue weighted by atomic mass is 10.1. The quantitative estimate of drug-likeness (QED) is 0.764. The van der Waals surface area contributed by atoms with Gasteiger partial charge in [0.25, 0.3) is 0 Å². The molecule has 0 saturated carbocycles. The van der Waals surface area contributed by atoms with Gasteiger partial charge in [0.1, 0.15) is 15.8 Å². The highest BCUT2D eigenvalue weighted by Gasteiger charge is 2.19. The third-order valence-electron chi connectivity index (χ3n) is 3.69. The summed E-state index contributed by atoms with van der Waals surface area (Å²) in [4.78, 5) is 4.70. The molecule has 22 heavy (non-hydrogen) atoms. The molecule has 1 heterocycles. The van der Waals surface area contributed by atoms with Crippen LogP contribution in [0.25, 0.3) is 0 Å². The average Bonchev–Trinajstić information content (AvgIpc) is 2.54. The van der Waals surface area contributed by atoms with Gasteiger partial charge in [0.15, 0.2) is 0 Å². The number of halogens is 1. The first kappa shape index (κ1) is 19.4. The van der Waals surface area contributed by atoms with Crippen LogP contribution in [0.2, 0.25) is 0 Å². The normalized spacial score (nSPS) is 15.1. The standard InChI is InChI=1S/C15H22N2O2S2.ClH/c1-18-13-4-5-14(19-2)12(10-13)11-16-6-8-17(9-7-16)15(20)21-3;/h4-5,10H,6-9,11H2,1-3H3;1H. The molecule has 0 N–H and O–H groups in total. The molecule has 1 aromatic carbocycles. The maximum absolute atomic E-state index is 5.45. The van der Waals surface area contributed by atoms with Crippen molar-refractivity contribution in [2.45, 2.75) is 6.54 Å². The van der Waals surface area contributed by atoms with Crippen LogP contribution in [0, 0.1) is 0 Å². The molecule has 1 aliphatic heterocycles. The zero-order valence-corrected chi connectivity index (χ0v) is 15.7. The van der Waals surface area contributed by atoms with Gasteiger partial charge in [-0.25, -0.2) is 0 Å². The minimum Gasteiger partial charge on any atom is -0.497 e. The van der Waals surface area contributed by atoms with E-state index in [1.807, 2.05) is 18.4 Å². The first-order chi connectivity index (χ1) is 10.2. The van der Waals surface area contributed by atoms with E-state index in [0.29, 0.717) is 0 Å². The van der Waals surface area contributed by atoms with Gasteiger partial charge < -0.3 is 14.4 Å². The van der Waals surface area contributed by atoms with Crippen molar-refractivity contribution < 1.29 is 9.47 Å². The average molecular weight is 363 g/mol. The van der Waals surface area contributed by atoms with Gasteiger partial charge in [0.05, 0.1) is 14.2 Å². The molecule has 2 rings (SSSR count). The molecular weight excluding hydrogens is 340 g/mol. The zero-order valence-electron chi connectivity index (χ0n) is 13.2. The maximum Gasteiger partial charge on any atom is 0.136 e. The predicted molar refractivity (Wildman–Crippen MR) is 99.8 cm³/mol. The number of hydrogen-bond acceptors (Lipinski definition) is 5. The number of nitrogens with zero attached hydrogens (tertiary/aromatic N) is 2. The SMILES string of the molecule is COc1ccc(OC)c(CN2CCN(C(=S)SC)CC2)c1.Cl. The molecule has 1 aliphatic rings. The molecule has 0 aliphatic carbocycles. The minimum atomic E-state index is 0. The van der Waals surface area contributed by atoms with Crippen LogP contribution in [0.1, 0.15) is 5.56 Å². The van der Waals surface area contributed by atoms with Crippen LogP contribution in [0.4, 0.5) is 0 Å². The minimum absolute atomic E-state index is 0. The second-order valence-corrected chi connectivity index (χ2v) is 6.35. The molecule has 0 unspecified atom stereocenters. The van der Waals surface area contributed by atoms with E-state index in [-0.39, 0.29) is 12.4 Å². The van der Waals surface area contributed by atoms with E-state index in [1.165, 1.54) is 0 Å². The number of piperazine rings is 1. The van der Waals surface area contributed by atoms with Crippen LogP contribution in [0.5, 0.6) is 11.5 Å². The summed E-state index contributed by atoms with van der Waals surface area (Å²) in [7, 11) is 3.40. The highest BCUT2D eigenvalue weighted by Crippen LogP contribution is 2.25. The Labute approximate surface area is 148 Å². The molecule has 0 atom stereocenters. The Morgan fingerprint density at radius 1 is 1.18 bits per heavy atom. The molecule has 7 heteroatoms. The molecule has 4 nitrogen and oxygen atoms in total. The van der Waals surface area contributed by atoms with Crippen LogP contribution in [0.15, 0.2) is 18.2 Å². The smallest absolute Gasteiger partial charge is 0.136 e. The summed E-state index contributed by atoms with van der Waals surface area (Å²) in [6.45, 7) is 4.89. The van der Waals surface area contributed by atoms with E-state index in [2.05, 4.69) is 15.9 Å². The summed E-state index contributed by atoms with van der Waals surface area (Å²) < 4.78 is 11.7. The van der Waals surface area contributed by atoms with Crippen LogP contribution in [-0.2, 0) is 6.54 Å². The molecule has 1 fully saturated rings. The number of thioether (sulfide) groups is 1. The highest BCUT2D eigenvalue weighted by molar-refractivity contribution is 8.22. The van der Waals surface area contributed by atoms with Crippen molar-refractivity contribution in [3.8, 4) is 11.5 Å². The summed E-state index contributed by atoms with van der Waals surface area (Å²) in [6.07, 6.45) is 2.04. The fourth-order valence-corrected chi connectivity index (χ4v) is 3.09. The van der Waals surface area contributed by atoms with E-state index < -0.39 is 0 Å². The second-order valence-electron chi connectivity index (χ2n) is 4.91. The molecule has 1 aromatic rings. The second kappa shape index (κ2) is 9.45. The van der Waals surface area contributed by atoms with Gasteiger partial charge in [-0.15, -0.1) is 24.2 Å². The van der Waals surface area contributed by atoms with Gasteiger partial charge in [0, 0.05) is 38.3 Å². The fourth-order valence-electron chi connectivity index (χ4n) is 2.46. The van der Waals surface area contributed by atoms with Crippen molar-refractivity contribution in [2.75, 3.05) is 46.7 Å². The Morgan fingerprint density at radius 2 is 1.86 bits per heavy atom.